The molecule has 1 aliphatic heterocycles. The third kappa shape index (κ3) is 2.95. The number of esters is 2. The molecule has 0 amide bonds. The number of rotatable bonds is 2. The Morgan fingerprint density at radius 3 is 1.53 bits per heavy atom. The van der Waals surface area contributed by atoms with Gasteiger partial charge in [0.1, 0.15) is 0 Å². The number of ether oxygens (including phenoxy) is 4. The van der Waals surface area contributed by atoms with Gasteiger partial charge in [-0.05, 0) is 0 Å². The lowest BCUT2D eigenvalue weighted by atomic mass is 9.96. The van der Waals surface area contributed by atoms with E-state index >= 15 is 0 Å². The summed E-state index contributed by atoms with van der Waals surface area (Å²) in [5.41, 5.74) is -0.352. The monoisotopic (exact) mass is 246 g/mol. The highest BCUT2D eigenvalue weighted by atomic mass is 16.8. The van der Waals surface area contributed by atoms with Crippen molar-refractivity contribution in [3.05, 3.63) is 0 Å². The molecule has 0 aromatic rings. The van der Waals surface area contributed by atoms with Gasteiger partial charge in [0.25, 0.3) is 0 Å². The Morgan fingerprint density at radius 1 is 0.941 bits per heavy atom. The van der Waals surface area contributed by atoms with E-state index in [9.17, 15) is 9.59 Å². The molecule has 0 aromatic heterocycles. The number of hydrogen-bond acceptors (Lipinski definition) is 6. The van der Waals surface area contributed by atoms with Gasteiger partial charge in [-0.15, -0.1) is 0 Å². The molecule has 0 aromatic carbocycles. The number of hydrogen-bond donors (Lipinski definition) is 0. The van der Waals surface area contributed by atoms with Gasteiger partial charge in [-0.2, -0.15) is 0 Å². The maximum Gasteiger partial charge on any atom is 0.338 e. The van der Waals surface area contributed by atoms with Crippen molar-refractivity contribution in [3.8, 4) is 0 Å². The van der Waals surface area contributed by atoms with Crippen molar-refractivity contribution in [1.29, 1.82) is 0 Å². The largest absolute Gasteiger partial charge is 0.467 e. The third-order valence-electron chi connectivity index (χ3n) is 2.39. The molecule has 0 spiro atoms. The van der Waals surface area contributed by atoms with Crippen molar-refractivity contribution in [3.63, 3.8) is 0 Å². The molecule has 1 heterocycles. The highest BCUT2D eigenvalue weighted by Crippen LogP contribution is 2.32. The Bertz CT molecular complexity index is 282. The minimum Gasteiger partial charge on any atom is -0.467 e. The van der Waals surface area contributed by atoms with Crippen LogP contribution in [0.5, 0.6) is 0 Å². The van der Waals surface area contributed by atoms with Gasteiger partial charge in [0.15, 0.2) is 18.5 Å². The molecule has 6 nitrogen and oxygen atoms in total. The predicted octanol–water partition coefficient (Wildman–Crippen LogP) is 0.489. The minimum atomic E-state index is -1.07. The Labute approximate surface area is 100 Å². The van der Waals surface area contributed by atoms with Crippen LogP contribution in [-0.2, 0) is 28.5 Å². The zero-order chi connectivity index (χ0) is 13.2. The van der Waals surface area contributed by atoms with Gasteiger partial charge >= 0.3 is 11.9 Å². The second-order valence-corrected chi connectivity index (χ2v) is 4.86. The standard InChI is InChI=1S/C11H18O6/c1-11(2,3)10-16-6(8(12)14-4)7(17-10)9(13)15-5/h6-7,10H,1-5H3/t6-,7-/m1/s1. The van der Waals surface area contributed by atoms with Crippen LogP contribution in [0.4, 0.5) is 0 Å². The number of carbonyl (C=O) groups is 2. The van der Waals surface area contributed by atoms with Gasteiger partial charge in [0, 0.05) is 5.41 Å². The fourth-order valence-corrected chi connectivity index (χ4v) is 1.44. The smallest absolute Gasteiger partial charge is 0.338 e. The fourth-order valence-electron chi connectivity index (χ4n) is 1.44. The predicted molar refractivity (Wildman–Crippen MR) is 57.0 cm³/mol. The van der Waals surface area contributed by atoms with Gasteiger partial charge in [-0.3, -0.25) is 0 Å². The molecule has 0 saturated carbocycles. The molecule has 1 saturated heterocycles. The molecular formula is C11H18O6. The Kier molecular flexibility index (Phi) is 4.11. The quantitative estimate of drug-likeness (QED) is 0.660. The third-order valence-corrected chi connectivity index (χ3v) is 2.39. The van der Waals surface area contributed by atoms with E-state index in [1.54, 1.807) is 0 Å². The summed E-state index contributed by atoms with van der Waals surface area (Å²) in [4.78, 5) is 23.0. The van der Waals surface area contributed by atoms with Crippen LogP contribution >= 0.6 is 0 Å². The van der Waals surface area contributed by atoms with Gasteiger partial charge in [-0.25, -0.2) is 9.59 Å². The number of methoxy groups -OCH3 is 2. The van der Waals surface area contributed by atoms with E-state index in [0.29, 0.717) is 0 Å². The van der Waals surface area contributed by atoms with Crippen LogP contribution in [0.1, 0.15) is 20.8 Å². The highest BCUT2D eigenvalue weighted by molar-refractivity contribution is 5.86. The van der Waals surface area contributed by atoms with E-state index < -0.39 is 30.4 Å². The summed E-state index contributed by atoms with van der Waals surface area (Å²) in [5.74, 6) is -1.29. The first kappa shape index (κ1) is 13.9. The first-order chi connectivity index (χ1) is 7.81. The Hall–Kier alpha value is -1.14. The molecule has 1 fully saturated rings. The van der Waals surface area contributed by atoms with Crippen LogP contribution in [0, 0.1) is 5.41 Å². The normalized spacial score (nSPS) is 25.7. The van der Waals surface area contributed by atoms with E-state index in [-0.39, 0.29) is 5.41 Å². The van der Waals surface area contributed by atoms with E-state index in [4.69, 9.17) is 9.47 Å². The summed E-state index contributed by atoms with van der Waals surface area (Å²) < 4.78 is 20.0. The molecule has 98 valence electrons. The Morgan fingerprint density at radius 2 is 1.29 bits per heavy atom. The molecule has 0 aliphatic carbocycles. The zero-order valence-electron chi connectivity index (χ0n) is 10.7. The van der Waals surface area contributed by atoms with Crippen LogP contribution in [0.25, 0.3) is 0 Å². The maximum absolute atomic E-state index is 11.5. The van der Waals surface area contributed by atoms with E-state index in [0.717, 1.165) is 0 Å². The van der Waals surface area contributed by atoms with E-state index in [1.165, 1.54) is 14.2 Å². The van der Waals surface area contributed by atoms with Gasteiger partial charge in [0.05, 0.1) is 14.2 Å². The van der Waals surface area contributed by atoms with Gasteiger partial charge in [0.2, 0.25) is 0 Å². The average molecular weight is 246 g/mol. The van der Waals surface area contributed by atoms with Crippen molar-refractivity contribution in [1.82, 2.24) is 0 Å². The lowest BCUT2D eigenvalue weighted by Crippen LogP contribution is -2.38. The molecule has 0 bridgehead atoms. The molecular weight excluding hydrogens is 228 g/mol. The van der Waals surface area contributed by atoms with Crippen LogP contribution in [0.15, 0.2) is 0 Å². The fraction of sp³-hybridized carbons (Fsp3) is 0.818. The summed E-state index contributed by atoms with van der Waals surface area (Å²) in [5, 5.41) is 0. The van der Waals surface area contributed by atoms with Crippen molar-refractivity contribution in [2.45, 2.75) is 39.3 Å². The summed E-state index contributed by atoms with van der Waals surface area (Å²) in [6.07, 6.45) is -2.80. The average Bonchev–Trinajstić information content (AvgIpc) is 2.71. The summed E-state index contributed by atoms with van der Waals surface area (Å²) in [7, 11) is 2.45. The van der Waals surface area contributed by atoms with E-state index in [1.807, 2.05) is 20.8 Å². The molecule has 0 N–H and O–H groups in total. The van der Waals surface area contributed by atoms with Crippen molar-refractivity contribution in [2.75, 3.05) is 14.2 Å². The first-order valence-corrected chi connectivity index (χ1v) is 5.28. The summed E-state index contributed by atoms with van der Waals surface area (Å²) >= 11 is 0. The molecule has 1 aliphatic rings. The van der Waals surface area contributed by atoms with Crippen molar-refractivity contribution >= 4 is 11.9 Å². The maximum atomic E-state index is 11.5. The van der Waals surface area contributed by atoms with Crippen LogP contribution < -0.4 is 0 Å². The second kappa shape index (κ2) is 5.01. The lowest BCUT2D eigenvalue weighted by molar-refractivity contribution is -0.162. The Balaban J connectivity index is 2.87. The molecule has 2 atom stereocenters. The molecule has 17 heavy (non-hydrogen) atoms. The first-order valence-electron chi connectivity index (χ1n) is 5.28. The zero-order valence-corrected chi connectivity index (χ0v) is 10.7. The summed E-state index contributed by atoms with van der Waals surface area (Å²) in [6, 6.07) is 0. The van der Waals surface area contributed by atoms with Gasteiger partial charge < -0.3 is 18.9 Å². The van der Waals surface area contributed by atoms with Crippen molar-refractivity contribution in [2.24, 2.45) is 5.41 Å². The molecule has 6 heteroatoms. The highest BCUT2D eigenvalue weighted by Gasteiger charge is 2.49. The number of carbonyl (C=O) groups excluding carboxylic acids is 2. The molecule has 1 rings (SSSR count). The van der Waals surface area contributed by atoms with Crippen LogP contribution in [0.2, 0.25) is 0 Å². The molecule has 0 unspecified atom stereocenters. The second-order valence-electron chi connectivity index (χ2n) is 4.86. The summed E-state index contributed by atoms with van der Waals surface area (Å²) in [6.45, 7) is 5.64. The van der Waals surface area contributed by atoms with Crippen LogP contribution in [-0.4, -0.2) is 44.7 Å². The van der Waals surface area contributed by atoms with Gasteiger partial charge in [-0.1, -0.05) is 20.8 Å². The topological polar surface area (TPSA) is 71.1 Å². The molecule has 0 radical (unpaired) electrons. The lowest BCUT2D eigenvalue weighted by Gasteiger charge is -2.24. The minimum absolute atomic E-state index is 0.352. The SMILES string of the molecule is COC(=O)[C@@H]1OC(C(C)(C)C)O[C@H]1C(=O)OC. The van der Waals surface area contributed by atoms with Crippen LogP contribution in [0.3, 0.4) is 0 Å². The van der Waals surface area contributed by atoms with Crippen molar-refractivity contribution < 1.29 is 28.5 Å². The van der Waals surface area contributed by atoms with E-state index in [2.05, 4.69) is 9.47 Å².